The number of halogens is 4. The van der Waals surface area contributed by atoms with Crippen LogP contribution in [-0.4, -0.2) is 25.6 Å². The number of alkyl halides is 4. The molecule has 0 aromatic heterocycles. The van der Waals surface area contributed by atoms with E-state index in [1.165, 1.54) is 12.1 Å². The summed E-state index contributed by atoms with van der Waals surface area (Å²) < 4.78 is 57.0. The smallest absolute Gasteiger partial charge is 0.461 e. The van der Waals surface area contributed by atoms with E-state index in [1.807, 2.05) is 0 Å². The van der Waals surface area contributed by atoms with E-state index in [2.05, 4.69) is 9.47 Å². The number of rotatable bonds is 4. The summed E-state index contributed by atoms with van der Waals surface area (Å²) in [5.74, 6) is -1.32. The van der Waals surface area contributed by atoms with Crippen molar-refractivity contribution in [1.82, 2.24) is 0 Å². The number of carbonyl (C=O) groups is 1. The molecule has 0 N–H and O–H groups in total. The van der Waals surface area contributed by atoms with Crippen molar-refractivity contribution in [1.29, 1.82) is 0 Å². The molecule has 0 saturated carbocycles. The van der Waals surface area contributed by atoms with E-state index in [4.69, 9.17) is 0 Å². The maximum Gasteiger partial charge on any atom is 0.461 e. The molecule has 7 heteroatoms. The second kappa shape index (κ2) is 5.03. The first-order valence-electron chi connectivity index (χ1n) is 4.40. The van der Waals surface area contributed by atoms with Gasteiger partial charge in [-0.15, -0.1) is 0 Å². The van der Waals surface area contributed by atoms with Crippen molar-refractivity contribution in [2.24, 2.45) is 0 Å². The third kappa shape index (κ3) is 3.33. The highest BCUT2D eigenvalue weighted by Crippen LogP contribution is 2.27. The predicted octanol–water partition coefficient (Wildman–Crippen LogP) is 2.71. The Balaban J connectivity index is 2.90. The topological polar surface area (TPSA) is 35.5 Å². The highest BCUT2D eigenvalue weighted by atomic mass is 19.3. The van der Waals surface area contributed by atoms with Gasteiger partial charge >= 0.3 is 18.5 Å². The minimum absolute atomic E-state index is 0.0740. The molecular formula is C10H8F4O3. The number of methoxy groups -OCH3 is 1. The van der Waals surface area contributed by atoms with Crippen LogP contribution in [0.2, 0.25) is 0 Å². The molecule has 0 spiro atoms. The van der Waals surface area contributed by atoms with Gasteiger partial charge in [0.15, 0.2) is 0 Å². The minimum Gasteiger partial charge on any atom is -0.465 e. The molecule has 0 saturated heterocycles. The third-order valence-electron chi connectivity index (χ3n) is 1.76. The average Bonchev–Trinajstić information content (AvgIpc) is 2.27. The summed E-state index contributed by atoms with van der Waals surface area (Å²) in [4.78, 5) is 11.1. The third-order valence-corrected chi connectivity index (χ3v) is 1.76. The van der Waals surface area contributed by atoms with Gasteiger partial charge in [-0.05, 0) is 18.2 Å². The average molecular weight is 252 g/mol. The normalized spacial score (nSPS) is 11.4. The molecule has 1 rings (SSSR count). The summed E-state index contributed by atoms with van der Waals surface area (Å²) in [6.07, 6.45) is -8.56. The molecule has 1 aromatic rings. The number of esters is 1. The summed E-state index contributed by atoms with van der Waals surface area (Å²) >= 11 is 0. The Morgan fingerprint density at radius 2 is 2.00 bits per heavy atom. The van der Waals surface area contributed by atoms with E-state index in [1.54, 1.807) is 0 Å². The number of hydrogen-bond acceptors (Lipinski definition) is 3. The Kier molecular flexibility index (Phi) is 3.93. The van der Waals surface area contributed by atoms with E-state index in [0.29, 0.717) is 0 Å². The molecule has 1 aromatic carbocycles. The van der Waals surface area contributed by atoms with Gasteiger partial charge in [-0.2, -0.15) is 17.6 Å². The zero-order valence-electron chi connectivity index (χ0n) is 8.62. The lowest BCUT2D eigenvalue weighted by Gasteiger charge is -2.16. The Hall–Kier alpha value is -1.79. The zero-order valence-corrected chi connectivity index (χ0v) is 8.62. The van der Waals surface area contributed by atoms with Crippen LogP contribution in [-0.2, 0) is 4.74 Å². The molecule has 0 heterocycles. The molecule has 0 atom stereocenters. The molecule has 3 nitrogen and oxygen atoms in total. The van der Waals surface area contributed by atoms with Crippen molar-refractivity contribution >= 4 is 5.97 Å². The summed E-state index contributed by atoms with van der Waals surface area (Å²) in [6, 6.07) is 4.41. The Labute approximate surface area is 93.9 Å². The molecule has 17 heavy (non-hydrogen) atoms. The van der Waals surface area contributed by atoms with Crippen LogP contribution in [0.25, 0.3) is 0 Å². The standard InChI is InChI=1S/C10H8F4O3/c1-16-8(15)6-3-2-4-7(5-6)17-10(13,14)9(11)12/h2-5,9H,1H3. The maximum absolute atomic E-state index is 12.6. The first-order valence-corrected chi connectivity index (χ1v) is 4.40. The van der Waals surface area contributed by atoms with Gasteiger partial charge in [0.1, 0.15) is 5.75 Å². The Bertz CT molecular complexity index is 406. The molecule has 0 aliphatic heterocycles. The molecule has 0 radical (unpaired) electrons. The van der Waals surface area contributed by atoms with Crippen LogP contribution < -0.4 is 4.74 Å². The molecule has 0 aliphatic rings. The van der Waals surface area contributed by atoms with E-state index >= 15 is 0 Å². The second-order valence-corrected chi connectivity index (χ2v) is 2.98. The lowest BCUT2D eigenvalue weighted by Crippen LogP contribution is -2.33. The van der Waals surface area contributed by atoms with E-state index in [9.17, 15) is 22.4 Å². The zero-order chi connectivity index (χ0) is 13.1. The van der Waals surface area contributed by atoms with Crippen LogP contribution in [0.1, 0.15) is 10.4 Å². The predicted molar refractivity (Wildman–Crippen MR) is 49.4 cm³/mol. The number of benzene rings is 1. The van der Waals surface area contributed by atoms with Crippen LogP contribution in [0.3, 0.4) is 0 Å². The van der Waals surface area contributed by atoms with Crippen molar-refractivity contribution in [3.8, 4) is 5.75 Å². The first-order chi connectivity index (χ1) is 7.86. The first kappa shape index (κ1) is 13.3. The highest BCUT2D eigenvalue weighted by molar-refractivity contribution is 5.89. The molecule has 94 valence electrons. The van der Waals surface area contributed by atoms with Gasteiger partial charge in [0, 0.05) is 0 Å². The quantitative estimate of drug-likeness (QED) is 0.610. The molecular weight excluding hydrogens is 244 g/mol. The van der Waals surface area contributed by atoms with Gasteiger partial charge in [0.2, 0.25) is 0 Å². The van der Waals surface area contributed by atoms with Crippen LogP contribution in [0.15, 0.2) is 24.3 Å². The largest absolute Gasteiger partial charge is 0.465 e. The fraction of sp³-hybridized carbons (Fsp3) is 0.300. The summed E-state index contributed by atoms with van der Waals surface area (Å²) in [7, 11) is 1.10. The summed E-state index contributed by atoms with van der Waals surface area (Å²) in [6.45, 7) is 0. The lowest BCUT2D eigenvalue weighted by atomic mass is 10.2. The molecule has 0 bridgehead atoms. The lowest BCUT2D eigenvalue weighted by molar-refractivity contribution is -0.253. The monoisotopic (exact) mass is 252 g/mol. The molecule has 0 aliphatic carbocycles. The number of carbonyl (C=O) groups excluding carboxylic acids is 1. The van der Waals surface area contributed by atoms with Crippen molar-refractivity contribution in [3.63, 3.8) is 0 Å². The minimum atomic E-state index is -4.60. The van der Waals surface area contributed by atoms with Crippen LogP contribution in [0, 0.1) is 0 Å². The highest BCUT2D eigenvalue weighted by Gasteiger charge is 2.44. The van der Waals surface area contributed by atoms with Crippen LogP contribution in [0.4, 0.5) is 17.6 Å². The summed E-state index contributed by atoms with van der Waals surface area (Å²) in [5.41, 5.74) is -0.0740. The maximum atomic E-state index is 12.6. The molecule has 0 fully saturated rings. The van der Waals surface area contributed by atoms with Crippen molar-refractivity contribution in [3.05, 3.63) is 29.8 Å². The van der Waals surface area contributed by atoms with E-state index < -0.39 is 24.3 Å². The number of ether oxygens (including phenoxy) is 2. The van der Waals surface area contributed by atoms with E-state index in [0.717, 1.165) is 19.2 Å². The van der Waals surface area contributed by atoms with Crippen molar-refractivity contribution in [2.45, 2.75) is 12.5 Å². The van der Waals surface area contributed by atoms with Gasteiger partial charge < -0.3 is 9.47 Å². The van der Waals surface area contributed by atoms with Gasteiger partial charge in [-0.1, -0.05) is 6.07 Å². The molecule has 0 amide bonds. The van der Waals surface area contributed by atoms with Crippen LogP contribution in [0.5, 0.6) is 5.75 Å². The van der Waals surface area contributed by atoms with Crippen LogP contribution >= 0.6 is 0 Å². The van der Waals surface area contributed by atoms with E-state index in [-0.39, 0.29) is 5.56 Å². The molecule has 0 unspecified atom stereocenters. The fourth-order valence-corrected chi connectivity index (χ4v) is 1.01. The van der Waals surface area contributed by atoms with Gasteiger partial charge in [-0.25, -0.2) is 4.79 Å². The van der Waals surface area contributed by atoms with Gasteiger partial charge in [-0.3, -0.25) is 0 Å². The Morgan fingerprint density at radius 1 is 1.35 bits per heavy atom. The van der Waals surface area contributed by atoms with Crippen molar-refractivity contribution in [2.75, 3.05) is 7.11 Å². The van der Waals surface area contributed by atoms with Gasteiger partial charge in [0.05, 0.1) is 12.7 Å². The Morgan fingerprint density at radius 3 is 2.53 bits per heavy atom. The van der Waals surface area contributed by atoms with Crippen molar-refractivity contribution < 1.29 is 31.8 Å². The summed E-state index contributed by atoms with van der Waals surface area (Å²) in [5, 5.41) is 0. The van der Waals surface area contributed by atoms with Gasteiger partial charge in [0.25, 0.3) is 0 Å². The fourth-order valence-electron chi connectivity index (χ4n) is 1.01. The SMILES string of the molecule is COC(=O)c1cccc(OC(F)(F)C(F)F)c1. The second-order valence-electron chi connectivity index (χ2n) is 2.98. The number of hydrogen-bond donors (Lipinski definition) is 0.